The molecule has 2 aliphatic rings. The molecule has 0 spiro atoms. The summed E-state index contributed by atoms with van der Waals surface area (Å²) in [5, 5.41) is 14.4. The van der Waals surface area contributed by atoms with E-state index in [0.717, 1.165) is 48.2 Å². The fraction of sp³-hybridized carbons (Fsp3) is 0.283. The third-order valence-corrected chi connectivity index (χ3v) is 10.6. The van der Waals surface area contributed by atoms with Crippen LogP contribution in [0.4, 0.5) is 11.4 Å². The minimum Gasteiger partial charge on any atom is -0.480 e. The fourth-order valence-electron chi connectivity index (χ4n) is 7.82. The Labute approximate surface area is 313 Å². The molecule has 270 valence electrons. The first-order valence-corrected chi connectivity index (χ1v) is 18.7. The smallest absolute Gasteiger partial charge is 0.330 e. The van der Waals surface area contributed by atoms with Gasteiger partial charge in [0, 0.05) is 29.9 Å². The van der Waals surface area contributed by atoms with Gasteiger partial charge in [-0.2, -0.15) is 0 Å². The Balaban J connectivity index is 1.29. The van der Waals surface area contributed by atoms with Gasteiger partial charge in [0.2, 0.25) is 5.91 Å². The Bertz CT molecular complexity index is 2070. The van der Waals surface area contributed by atoms with Crippen molar-refractivity contribution < 1.29 is 14.7 Å². The predicted octanol–water partition coefficient (Wildman–Crippen LogP) is 8.68. The summed E-state index contributed by atoms with van der Waals surface area (Å²) in [5.74, 6) is -1.08. The van der Waals surface area contributed by atoms with Gasteiger partial charge in [-0.1, -0.05) is 136 Å². The first-order valence-electron chi connectivity index (χ1n) is 18.7. The molecule has 1 fully saturated rings. The monoisotopic (exact) mass is 704 g/mol. The summed E-state index contributed by atoms with van der Waals surface area (Å²) < 4.78 is 0. The lowest BCUT2D eigenvalue weighted by Gasteiger charge is -2.41. The van der Waals surface area contributed by atoms with Crippen molar-refractivity contribution in [3.05, 3.63) is 167 Å². The van der Waals surface area contributed by atoms with Crippen molar-refractivity contribution in [2.75, 3.05) is 23.3 Å². The highest BCUT2D eigenvalue weighted by Gasteiger charge is 2.39. The van der Waals surface area contributed by atoms with Gasteiger partial charge in [0.15, 0.2) is 6.04 Å². The highest BCUT2D eigenvalue weighted by molar-refractivity contribution is 6.17. The summed E-state index contributed by atoms with van der Waals surface area (Å²) in [4.78, 5) is 37.3. The van der Waals surface area contributed by atoms with Crippen molar-refractivity contribution in [2.45, 2.75) is 70.1 Å². The van der Waals surface area contributed by atoms with E-state index in [-0.39, 0.29) is 17.4 Å². The second kappa shape index (κ2) is 15.6. The molecule has 7 nitrogen and oxygen atoms in total. The quantitative estimate of drug-likeness (QED) is 0.142. The van der Waals surface area contributed by atoms with Crippen LogP contribution in [0.3, 0.4) is 0 Å². The van der Waals surface area contributed by atoms with E-state index in [2.05, 4.69) is 78.4 Å². The number of amides is 1. The van der Waals surface area contributed by atoms with E-state index in [4.69, 9.17) is 4.99 Å². The molecule has 5 aromatic carbocycles. The van der Waals surface area contributed by atoms with E-state index in [0.29, 0.717) is 30.1 Å². The second-order valence-corrected chi connectivity index (χ2v) is 15.2. The number of aliphatic imine (C=N–C) groups is 1. The van der Waals surface area contributed by atoms with Crippen LogP contribution >= 0.6 is 0 Å². The maximum absolute atomic E-state index is 14.0. The van der Waals surface area contributed by atoms with Gasteiger partial charge in [-0.15, -0.1) is 0 Å². The predicted molar refractivity (Wildman–Crippen MR) is 214 cm³/mol. The molecule has 7 heteroatoms. The first-order chi connectivity index (χ1) is 25.7. The summed E-state index contributed by atoms with van der Waals surface area (Å²) in [6.45, 7) is 8.79. The van der Waals surface area contributed by atoms with Crippen LogP contribution in [-0.4, -0.2) is 52.8 Å². The molecule has 0 saturated carbocycles. The third-order valence-electron chi connectivity index (χ3n) is 10.6. The maximum atomic E-state index is 14.0. The van der Waals surface area contributed by atoms with Gasteiger partial charge >= 0.3 is 5.97 Å². The van der Waals surface area contributed by atoms with E-state index in [1.807, 2.05) is 91.0 Å². The van der Waals surface area contributed by atoms with Crippen molar-refractivity contribution in [3.8, 4) is 0 Å². The molecular weight excluding hydrogens is 657 g/mol. The van der Waals surface area contributed by atoms with Crippen molar-refractivity contribution in [3.63, 3.8) is 0 Å². The Hall–Kier alpha value is -5.53. The lowest BCUT2D eigenvalue weighted by molar-refractivity contribution is -0.139. The lowest BCUT2D eigenvalue weighted by Crippen LogP contribution is -2.44. The summed E-state index contributed by atoms with van der Waals surface area (Å²) in [6, 6.07) is 42.2. The van der Waals surface area contributed by atoms with Gasteiger partial charge in [0.25, 0.3) is 0 Å². The van der Waals surface area contributed by atoms with E-state index in [9.17, 15) is 14.7 Å². The number of carbonyl (C=O) groups excluding carboxylic acids is 1. The maximum Gasteiger partial charge on any atom is 0.330 e. The third kappa shape index (κ3) is 7.96. The van der Waals surface area contributed by atoms with Crippen LogP contribution in [0.1, 0.15) is 73.0 Å². The van der Waals surface area contributed by atoms with Gasteiger partial charge < -0.3 is 15.3 Å². The molecule has 0 radical (unpaired) electrons. The molecule has 2 aliphatic heterocycles. The van der Waals surface area contributed by atoms with E-state index in [1.165, 1.54) is 11.1 Å². The number of aliphatic carboxylic acids is 1. The number of benzene rings is 5. The standard InChI is InChI=1S/C46H48N4O3/c1-46(2,3)35-24-26-36(27-25-35)50-30-28-33-17-10-11-20-37(33)43(50)42(45(52)53)48-41(34-18-8-5-9-19-34)38-21-12-13-22-39(38)47-44(51)40-23-14-29-49(40)31-32-15-6-4-7-16-32/h4-13,15-22,24-27,40,42-43H,14,23,28-31H2,1-3H3,(H,47,51)(H,52,53)/t40-,42-,43-/m0/s1. The number of nitrogens with zero attached hydrogens (tertiary/aromatic N) is 3. The number of rotatable bonds is 10. The number of hydrogen-bond donors (Lipinski definition) is 2. The molecule has 7 rings (SSSR count). The molecule has 5 aromatic rings. The number of carbonyl (C=O) groups is 2. The zero-order valence-corrected chi connectivity index (χ0v) is 30.8. The summed E-state index contributed by atoms with van der Waals surface area (Å²) >= 11 is 0. The van der Waals surface area contributed by atoms with E-state index < -0.39 is 18.1 Å². The minimum absolute atomic E-state index is 0.00827. The van der Waals surface area contributed by atoms with Gasteiger partial charge in [0.05, 0.1) is 23.5 Å². The van der Waals surface area contributed by atoms with E-state index in [1.54, 1.807) is 0 Å². The van der Waals surface area contributed by atoms with Crippen molar-refractivity contribution in [2.24, 2.45) is 4.99 Å². The molecule has 2 heterocycles. The molecule has 0 bridgehead atoms. The number of likely N-dealkylation sites (tertiary alicyclic amines) is 1. The second-order valence-electron chi connectivity index (χ2n) is 15.2. The average molecular weight is 705 g/mol. The van der Waals surface area contributed by atoms with Crippen molar-refractivity contribution in [1.29, 1.82) is 0 Å². The molecule has 1 saturated heterocycles. The molecule has 3 atom stereocenters. The number of nitrogens with one attached hydrogen (secondary N) is 1. The van der Waals surface area contributed by atoms with Crippen LogP contribution in [0.25, 0.3) is 0 Å². The van der Waals surface area contributed by atoms with Gasteiger partial charge in [-0.05, 0) is 71.7 Å². The van der Waals surface area contributed by atoms with Gasteiger partial charge in [-0.25, -0.2) is 4.79 Å². The van der Waals surface area contributed by atoms with E-state index >= 15 is 0 Å². The lowest BCUT2D eigenvalue weighted by atomic mass is 9.85. The SMILES string of the molecule is CC(C)(C)c1ccc(N2CCc3ccccc3[C@H]2[C@H](N=C(c2ccccc2)c2ccccc2NC(=O)[C@@H]2CCCN2Cc2ccccc2)C(=O)O)cc1. The van der Waals surface area contributed by atoms with Gasteiger partial charge in [-0.3, -0.25) is 14.7 Å². The zero-order valence-electron chi connectivity index (χ0n) is 30.8. The largest absolute Gasteiger partial charge is 0.480 e. The van der Waals surface area contributed by atoms with Crippen LogP contribution in [0.15, 0.2) is 138 Å². The molecule has 2 N–H and O–H groups in total. The Morgan fingerprint density at radius 2 is 1.47 bits per heavy atom. The summed E-state index contributed by atoms with van der Waals surface area (Å²) in [7, 11) is 0. The normalized spacial score (nSPS) is 18.3. The number of carboxylic acids is 1. The van der Waals surface area contributed by atoms with Crippen molar-refractivity contribution in [1.82, 2.24) is 4.90 Å². The van der Waals surface area contributed by atoms with Crippen LogP contribution < -0.4 is 10.2 Å². The van der Waals surface area contributed by atoms with Crippen LogP contribution in [0.5, 0.6) is 0 Å². The fourth-order valence-corrected chi connectivity index (χ4v) is 7.82. The zero-order chi connectivity index (χ0) is 37.0. The Kier molecular flexibility index (Phi) is 10.6. The van der Waals surface area contributed by atoms with Crippen LogP contribution in [0, 0.1) is 0 Å². The van der Waals surface area contributed by atoms with Gasteiger partial charge in [0.1, 0.15) is 0 Å². The molecule has 1 amide bonds. The van der Waals surface area contributed by atoms with Crippen LogP contribution in [-0.2, 0) is 28.0 Å². The highest BCUT2D eigenvalue weighted by atomic mass is 16.4. The number of hydrogen-bond acceptors (Lipinski definition) is 5. The van der Waals surface area contributed by atoms with Crippen molar-refractivity contribution >= 4 is 29.0 Å². The molecule has 0 aliphatic carbocycles. The topological polar surface area (TPSA) is 85.2 Å². The molecule has 0 aromatic heterocycles. The Morgan fingerprint density at radius 3 is 2.19 bits per heavy atom. The molecular formula is C46H48N4O3. The highest BCUT2D eigenvalue weighted by Crippen LogP contribution is 2.39. The molecule has 53 heavy (non-hydrogen) atoms. The minimum atomic E-state index is -1.16. The molecule has 0 unspecified atom stereocenters. The number of para-hydroxylation sites is 1. The van der Waals surface area contributed by atoms with Crippen LogP contribution in [0.2, 0.25) is 0 Å². The number of anilines is 2. The summed E-state index contributed by atoms with van der Waals surface area (Å²) in [6.07, 6.45) is 2.52. The number of carboxylic acid groups (broad SMARTS) is 1. The Morgan fingerprint density at radius 1 is 0.811 bits per heavy atom. The summed E-state index contributed by atoms with van der Waals surface area (Å²) in [5.41, 5.74) is 8.02. The first kappa shape index (κ1) is 35.9. The number of fused-ring (bicyclic) bond motifs is 1. The average Bonchev–Trinajstić information content (AvgIpc) is 3.64.